The number of benzene rings is 9. The SMILES string of the molecule is c1ccc2c(c1)cc([As](c1cc3ccccc3c3ccccc13)c1cc3ccccc3c3ccccc13)c1ccccc12. The molecule has 0 bridgehead atoms. The van der Waals surface area contributed by atoms with E-state index in [1.807, 2.05) is 0 Å². The fraction of sp³-hybridized carbons (Fsp3) is 0. The van der Waals surface area contributed by atoms with Crippen LogP contribution in [0, 0.1) is 0 Å². The van der Waals surface area contributed by atoms with E-state index < -0.39 is 14.7 Å². The minimum absolute atomic E-state index is 1.31. The molecule has 1 heteroatoms. The number of fused-ring (bicyclic) bond motifs is 9. The van der Waals surface area contributed by atoms with E-state index in [1.165, 1.54) is 77.7 Å². The van der Waals surface area contributed by atoms with Crippen LogP contribution in [0.15, 0.2) is 164 Å². The van der Waals surface area contributed by atoms with Crippen molar-refractivity contribution in [2.75, 3.05) is 0 Å². The first-order valence-corrected chi connectivity index (χ1v) is 17.7. The third kappa shape index (κ3) is 3.84. The second-order valence-electron chi connectivity index (χ2n) is 11.3. The summed E-state index contributed by atoms with van der Waals surface area (Å²) < 4.78 is 4.47. The summed E-state index contributed by atoms with van der Waals surface area (Å²) in [6.07, 6.45) is 0. The minimum atomic E-state index is -2.19. The van der Waals surface area contributed by atoms with E-state index >= 15 is 0 Å². The average Bonchev–Trinajstić information content (AvgIpc) is 3.08. The monoisotopic (exact) mass is 606 g/mol. The van der Waals surface area contributed by atoms with Crippen molar-refractivity contribution in [3.8, 4) is 0 Å². The summed E-state index contributed by atoms with van der Waals surface area (Å²) in [5, 5.41) is 16.0. The fourth-order valence-corrected chi connectivity index (χ4v) is 13.1. The van der Waals surface area contributed by atoms with Crippen molar-refractivity contribution in [3.63, 3.8) is 0 Å². The number of hydrogen-bond acceptors (Lipinski definition) is 0. The zero-order chi connectivity index (χ0) is 28.3. The van der Waals surface area contributed by atoms with Crippen molar-refractivity contribution in [1.82, 2.24) is 0 Å². The third-order valence-electron chi connectivity index (χ3n) is 8.96. The summed E-state index contributed by atoms with van der Waals surface area (Å²) in [7, 11) is 0. The molecule has 9 aromatic rings. The molecule has 0 aliphatic rings. The molecule has 0 unspecified atom stereocenters. The molecule has 0 fully saturated rings. The van der Waals surface area contributed by atoms with Gasteiger partial charge in [0.05, 0.1) is 0 Å². The Labute approximate surface area is 255 Å². The Kier molecular flexibility index (Phi) is 5.65. The van der Waals surface area contributed by atoms with Gasteiger partial charge in [-0.2, -0.15) is 0 Å². The molecule has 0 nitrogen and oxygen atoms in total. The van der Waals surface area contributed by atoms with Crippen molar-refractivity contribution < 1.29 is 0 Å². The van der Waals surface area contributed by atoms with Gasteiger partial charge in [-0.15, -0.1) is 0 Å². The van der Waals surface area contributed by atoms with Gasteiger partial charge in [0.15, 0.2) is 0 Å². The van der Waals surface area contributed by atoms with Gasteiger partial charge in [-0.05, 0) is 0 Å². The molecule has 43 heavy (non-hydrogen) atoms. The summed E-state index contributed by atoms with van der Waals surface area (Å²) in [6, 6.07) is 61.4. The van der Waals surface area contributed by atoms with Gasteiger partial charge in [-0.25, -0.2) is 0 Å². The van der Waals surface area contributed by atoms with E-state index in [0.29, 0.717) is 0 Å². The molecule has 9 rings (SSSR count). The van der Waals surface area contributed by atoms with Crippen LogP contribution >= 0.6 is 0 Å². The van der Waals surface area contributed by atoms with E-state index in [-0.39, 0.29) is 0 Å². The van der Waals surface area contributed by atoms with Crippen LogP contribution in [0.1, 0.15) is 0 Å². The van der Waals surface area contributed by atoms with Crippen LogP contribution < -0.4 is 13.1 Å². The molecule has 0 N–H and O–H groups in total. The molecule has 0 heterocycles. The van der Waals surface area contributed by atoms with E-state index in [9.17, 15) is 0 Å². The molecule has 200 valence electrons. The summed E-state index contributed by atoms with van der Waals surface area (Å²) in [5.41, 5.74) is 0. The summed E-state index contributed by atoms with van der Waals surface area (Å²) >= 11 is -2.19. The summed E-state index contributed by atoms with van der Waals surface area (Å²) in [6.45, 7) is 0. The van der Waals surface area contributed by atoms with Crippen LogP contribution in [-0.2, 0) is 0 Å². The van der Waals surface area contributed by atoms with Gasteiger partial charge in [-0.3, -0.25) is 0 Å². The first-order chi connectivity index (χ1) is 21.3. The van der Waals surface area contributed by atoms with Crippen LogP contribution in [0.4, 0.5) is 0 Å². The molecule has 0 radical (unpaired) electrons. The first-order valence-electron chi connectivity index (χ1n) is 14.9. The van der Waals surface area contributed by atoms with Gasteiger partial charge < -0.3 is 0 Å². The van der Waals surface area contributed by atoms with Crippen molar-refractivity contribution in [2.24, 2.45) is 0 Å². The Morgan fingerprint density at radius 2 is 0.465 bits per heavy atom. The molecule has 0 saturated heterocycles. The first kappa shape index (κ1) is 24.7. The topological polar surface area (TPSA) is 0 Å². The van der Waals surface area contributed by atoms with E-state index in [2.05, 4.69) is 164 Å². The van der Waals surface area contributed by atoms with Crippen molar-refractivity contribution in [3.05, 3.63) is 164 Å². The molecular formula is C42H27As. The molecular weight excluding hydrogens is 579 g/mol. The van der Waals surface area contributed by atoms with Crippen LogP contribution in [0.2, 0.25) is 0 Å². The molecule has 0 saturated carbocycles. The van der Waals surface area contributed by atoms with Crippen LogP contribution in [0.25, 0.3) is 64.6 Å². The molecule has 0 aromatic heterocycles. The maximum atomic E-state index is 2.52. The number of rotatable bonds is 3. The van der Waals surface area contributed by atoms with Crippen molar-refractivity contribution in [2.45, 2.75) is 0 Å². The van der Waals surface area contributed by atoms with Crippen molar-refractivity contribution >= 4 is 92.3 Å². The van der Waals surface area contributed by atoms with Crippen LogP contribution in [-0.4, -0.2) is 14.7 Å². The molecule has 0 spiro atoms. The van der Waals surface area contributed by atoms with Gasteiger partial charge in [-0.1, -0.05) is 0 Å². The molecule has 0 atom stereocenters. The van der Waals surface area contributed by atoms with Gasteiger partial charge in [0, 0.05) is 0 Å². The second kappa shape index (κ2) is 9.84. The average molecular weight is 607 g/mol. The van der Waals surface area contributed by atoms with E-state index in [1.54, 1.807) is 0 Å². The molecule has 9 aromatic carbocycles. The summed E-state index contributed by atoms with van der Waals surface area (Å²) in [5.74, 6) is 0. The third-order valence-corrected chi connectivity index (χ3v) is 14.3. The molecule has 0 amide bonds. The Morgan fingerprint density at radius 1 is 0.233 bits per heavy atom. The fourth-order valence-electron chi connectivity index (χ4n) is 7.05. The predicted octanol–water partition coefficient (Wildman–Crippen LogP) is 9.12. The zero-order valence-electron chi connectivity index (χ0n) is 23.5. The standard InChI is InChI=1S/C42H27As/c1-4-16-31-28(13-1)25-40(37-22-10-7-19-34(31)37)43(41-26-29-14-2-5-17-32(29)35-20-8-11-23-38(35)41)42-27-30-15-3-6-18-33(30)36-21-9-12-24-39(36)42/h1-27H. The Balaban J connectivity index is 1.51. The van der Waals surface area contributed by atoms with Gasteiger partial charge in [0.2, 0.25) is 0 Å². The van der Waals surface area contributed by atoms with Crippen molar-refractivity contribution in [1.29, 1.82) is 0 Å². The Bertz CT molecular complexity index is 2240. The molecule has 0 aliphatic carbocycles. The Hall–Kier alpha value is -4.90. The van der Waals surface area contributed by atoms with E-state index in [4.69, 9.17) is 0 Å². The quantitative estimate of drug-likeness (QED) is 0.139. The normalized spacial score (nSPS) is 11.9. The number of hydrogen-bond donors (Lipinski definition) is 0. The zero-order valence-corrected chi connectivity index (χ0v) is 25.4. The Morgan fingerprint density at radius 3 is 0.767 bits per heavy atom. The van der Waals surface area contributed by atoms with Gasteiger partial charge >= 0.3 is 256 Å². The van der Waals surface area contributed by atoms with Gasteiger partial charge in [0.25, 0.3) is 0 Å². The summed E-state index contributed by atoms with van der Waals surface area (Å²) in [4.78, 5) is 0. The van der Waals surface area contributed by atoms with Gasteiger partial charge in [0.1, 0.15) is 0 Å². The second-order valence-corrected chi connectivity index (χ2v) is 15.8. The predicted molar refractivity (Wildman–Crippen MR) is 189 cm³/mol. The maximum absolute atomic E-state index is 2.52. The van der Waals surface area contributed by atoms with E-state index in [0.717, 1.165) is 0 Å². The van der Waals surface area contributed by atoms with Crippen LogP contribution in [0.3, 0.4) is 0 Å². The molecule has 0 aliphatic heterocycles. The van der Waals surface area contributed by atoms with Crippen LogP contribution in [0.5, 0.6) is 0 Å².